The molecule has 0 bridgehead atoms. The van der Waals surface area contributed by atoms with Crippen LogP contribution in [0.15, 0.2) is 70.8 Å². The maximum atomic E-state index is 15.2. The zero-order valence-electron chi connectivity index (χ0n) is 60.0. The van der Waals surface area contributed by atoms with E-state index in [-0.39, 0.29) is 138 Å². The van der Waals surface area contributed by atoms with E-state index < -0.39 is 83.0 Å². The quantitative estimate of drug-likeness (QED) is 0.0142. The first-order valence-electron chi connectivity index (χ1n) is 36.5. The Balaban J connectivity index is 1.95. The summed E-state index contributed by atoms with van der Waals surface area (Å²) >= 11 is 1.49. The van der Waals surface area contributed by atoms with Gasteiger partial charge in [0.25, 0.3) is 0 Å². The Bertz CT molecular complexity index is 2930. The minimum Gasteiger partial charge on any atom is -0.370 e. The van der Waals surface area contributed by atoms with Gasteiger partial charge in [-0.1, -0.05) is 173 Å². The summed E-state index contributed by atoms with van der Waals surface area (Å²) in [5.41, 5.74) is 36.7. The summed E-state index contributed by atoms with van der Waals surface area (Å²) in [6, 6.07) is 12.4. The number of nitrogens with two attached hydrogens (primary N) is 6. The summed E-state index contributed by atoms with van der Waals surface area (Å²) in [4.78, 5) is 141. The van der Waals surface area contributed by atoms with Crippen molar-refractivity contribution in [3.63, 3.8) is 0 Å². The second-order valence-corrected chi connectivity index (χ2v) is 28.3. The number of unbranched alkanes of at least 4 members (excludes halogenated alkanes) is 13. The van der Waals surface area contributed by atoms with E-state index in [2.05, 4.69) is 43.2 Å². The average molecular weight is 1380 g/mol. The number of nitrogens with one attached hydrogen (secondary N) is 5. The van der Waals surface area contributed by atoms with Gasteiger partial charge in [-0.15, -0.1) is 0 Å². The monoisotopic (exact) mass is 1380 g/mol. The molecule has 0 aliphatic heterocycles. The Morgan fingerprint density at radius 3 is 1.52 bits per heavy atom. The second kappa shape index (κ2) is 49.4. The lowest BCUT2D eigenvalue weighted by atomic mass is 9.84. The van der Waals surface area contributed by atoms with Crippen LogP contribution in [-0.4, -0.2) is 125 Å². The van der Waals surface area contributed by atoms with Crippen LogP contribution in [-0.2, 0) is 56.0 Å². The van der Waals surface area contributed by atoms with Crippen LogP contribution in [0.2, 0.25) is 0 Å². The first kappa shape index (κ1) is 85.1. The van der Waals surface area contributed by atoms with Crippen molar-refractivity contribution < 1.29 is 43.2 Å². The van der Waals surface area contributed by atoms with E-state index in [4.69, 9.17) is 34.4 Å². The molecule has 1 unspecified atom stereocenters. The predicted octanol–water partition coefficient (Wildman–Crippen LogP) is 9.24. The van der Waals surface area contributed by atoms with Crippen LogP contribution in [0.1, 0.15) is 226 Å². The van der Waals surface area contributed by atoms with Crippen molar-refractivity contribution in [1.29, 1.82) is 0 Å². The highest BCUT2D eigenvalue weighted by molar-refractivity contribution is 7.98. The van der Waals surface area contributed by atoms with Crippen LogP contribution in [0.5, 0.6) is 0 Å². The molecule has 22 nitrogen and oxygen atoms in total. The summed E-state index contributed by atoms with van der Waals surface area (Å²) < 4.78 is 0. The van der Waals surface area contributed by atoms with E-state index in [0.717, 1.165) is 41.3 Å². The number of carbonyl (C=O) groups excluding carboxylic acids is 9. The lowest BCUT2D eigenvalue weighted by Gasteiger charge is -2.27. The molecule has 2 aromatic carbocycles. The van der Waals surface area contributed by atoms with Gasteiger partial charge in [0.1, 0.15) is 0 Å². The van der Waals surface area contributed by atoms with Crippen LogP contribution in [0.4, 0.5) is 0 Å². The first-order valence-corrected chi connectivity index (χ1v) is 37.9. The molecule has 0 saturated heterocycles. The normalized spacial score (nSPS) is 14.2. The average Bonchev–Trinajstić information content (AvgIpc) is 1.62. The Kier molecular flexibility index (Phi) is 42.9. The third kappa shape index (κ3) is 34.6. The number of ketones is 4. The fourth-order valence-corrected chi connectivity index (χ4v) is 13.1. The van der Waals surface area contributed by atoms with Crippen LogP contribution in [0.25, 0.3) is 10.9 Å². The number of carbonyl (C=O) groups is 9. The number of amides is 5. The van der Waals surface area contributed by atoms with Gasteiger partial charge in [0, 0.05) is 92.4 Å². The molecule has 548 valence electrons. The van der Waals surface area contributed by atoms with Gasteiger partial charge in [-0.05, 0) is 112 Å². The van der Waals surface area contributed by atoms with Gasteiger partial charge in [0.2, 0.25) is 29.5 Å². The lowest BCUT2D eigenvalue weighted by molar-refractivity contribution is -0.136. The fraction of sp³-hybridized carbons (Fsp3) is 0.667. The van der Waals surface area contributed by atoms with Crippen LogP contribution >= 0.6 is 11.8 Å². The largest absolute Gasteiger partial charge is 0.370 e. The molecule has 17 N–H and O–H groups in total. The van der Waals surface area contributed by atoms with Crippen molar-refractivity contribution in [3.05, 3.63) is 71.9 Å². The number of primary amides is 1. The van der Waals surface area contributed by atoms with E-state index in [1.807, 2.05) is 88.5 Å². The minimum atomic E-state index is -1.20. The Labute approximate surface area is 588 Å². The zero-order valence-corrected chi connectivity index (χ0v) is 60.8. The van der Waals surface area contributed by atoms with Crippen molar-refractivity contribution in [3.8, 4) is 0 Å². The number of para-hydroxylation sites is 1. The van der Waals surface area contributed by atoms with Crippen molar-refractivity contribution in [2.75, 3.05) is 31.6 Å². The van der Waals surface area contributed by atoms with E-state index in [0.29, 0.717) is 44.4 Å². The third-order valence-corrected chi connectivity index (χ3v) is 19.3. The number of thioether (sulfide) groups is 1. The Morgan fingerprint density at radius 2 is 0.990 bits per heavy atom. The van der Waals surface area contributed by atoms with Crippen molar-refractivity contribution in [2.24, 2.45) is 79.9 Å². The molecule has 0 fully saturated rings. The van der Waals surface area contributed by atoms with E-state index in [1.54, 1.807) is 6.20 Å². The number of hydrogen-bond acceptors (Lipinski definition) is 13. The third-order valence-electron chi connectivity index (χ3n) is 18.6. The SMILES string of the molecule is CCCCCCCCCCCCCCCC(=O)N[C@@H](CCCN=C(N)N)C(=O)C[C@@H](CC(C)C)C(=O)N[C@@H](CCCN=C(N)N)C(=O)C[C@@H](CCCCN)C(=O)N[C@@H](Cc1c[nH]c2ccccc12)C(=O)C[C@@H](CCSC)C(=O)NC(Cc1ccccc1)C(=O)C[C@H](C(N)=O)[C@@H](C)CC. The van der Waals surface area contributed by atoms with Gasteiger partial charge < -0.3 is 60.7 Å². The molecular formula is C75H123N13O9S. The molecule has 23 heteroatoms. The standard InChI is InChI=1S/C75H123N13O9S/c1-7-9-10-11-12-13-14-15-16-17-18-19-23-37-69(93)85-61(35-28-40-82-74(78)79)66(90)48-56(43-51(3)4)73(97)86-62(36-29-41-83-75(80)81)65(89)46-54(32-26-27-39-76)71(95)88-64(45-57-50-84-60-34-25-24-33-58(57)60)67(91)47-55(38-42-98-6)72(96)87-63(44-53-30-21-20-22-31-53)68(92)49-59(70(77)94)52(5)8-2/h20-22,24-25,30-31,33-34,50-52,54-56,59,61-64,84H,7-19,23,26-29,32,35-49,76H2,1-6H3,(H2,77,94)(H,85,93)(H,86,97)(H,87,96)(H,88,95)(H4,78,79,82)(H4,80,81,83)/t52-,54+,55+,56+,59-,61-,62-,63?,64-/m0/s1. The van der Waals surface area contributed by atoms with Gasteiger partial charge in [-0.2, -0.15) is 11.8 Å². The van der Waals surface area contributed by atoms with Gasteiger partial charge in [-0.3, -0.25) is 53.1 Å². The zero-order chi connectivity index (χ0) is 72.2. The minimum absolute atomic E-state index is 0.0217. The molecule has 5 amide bonds. The number of aromatic amines is 1. The van der Waals surface area contributed by atoms with Crippen LogP contribution in [0, 0.1) is 35.5 Å². The molecular weight excluding hydrogens is 1260 g/mol. The molecule has 9 atom stereocenters. The Hall–Kier alpha value is -7.14. The molecule has 1 aromatic heterocycles. The molecule has 0 radical (unpaired) electrons. The van der Waals surface area contributed by atoms with E-state index in [9.17, 15) is 28.8 Å². The molecule has 3 aromatic rings. The number of H-pyrrole nitrogens is 1. The summed E-state index contributed by atoms with van der Waals surface area (Å²) in [6.45, 7) is 10.5. The molecule has 0 saturated carbocycles. The summed E-state index contributed by atoms with van der Waals surface area (Å²) in [6.07, 6.45) is 21.4. The maximum Gasteiger partial charge on any atom is 0.224 e. The summed E-state index contributed by atoms with van der Waals surface area (Å²) in [5, 5.41) is 12.8. The molecule has 0 spiro atoms. The van der Waals surface area contributed by atoms with Gasteiger partial charge >= 0.3 is 0 Å². The second-order valence-electron chi connectivity index (χ2n) is 27.3. The molecule has 0 aliphatic rings. The van der Waals surface area contributed by atoms with Crippen molar-refractivity contribution in [2.45, 2.75) is 251 Å². The van der Waals surface area contributed by atoms with Gasteiger partial charge in [-0.25, -0.2) is 0 Å². The number of hydrogen-bond donors (Lipinski definition) is 11. The topological polar surface area (TPSA) is 398 Å². The highest BCUT2D eigenvalue weighted by Gasteiger charge is 2.36. The molecule has 1 heterocycles. The number of guanidine groups is 2. The highest BCUT2D eigenvalue weighted by Crippen LogP contribution is 2.27. The molecule has 98 heavy (non-hydrogen) atoms. The number of aliphatic imine (C=N–C) groups is 2. The van der Waals surface area contributed by atoms with Crippen molar-refractivity contribution in [1.82, 2.24) is 26.3 Å². The smallest absolute Gasteiger partial charge is 0.224 e. The summed E-state index contributed by atoms with van der Waals surface area (Å²) in [7, 11) is 0. The molecule has 3 rings (SSSR count). The number of nitrogens with zero attached hydrogens (tertiary/aromatic N) is 2. The van der Waals surface area contributed by atoms with Gasteiger partial charge in [0.05, 0.1) is 24.2 Å². The highest BCUT2D eigenvalue weighted by atomic mass is 32.2. The number of fused-ring (bicyclic) bond motifs is 1. The van der Waals surface area contributed by atoms with Crippen LogP contribution < -0.4 is 55.7 Å². The number of Topliss-reactive ketones (excluding diaryl/α,β-unsaturated/α-hetero) is 4. The maximum absolute atomic E-state index is 15.2. The van der Waals surface area contributed by atoms with Crippen molar-refractivity contribution >= 4 is 87.3 Å². The summed E-state index contributed by atoms with van der Waals surface area (Å²) in [5.74, 6) is -7.78. The van der Waals surface area contributed by atoms with Crippen LogP contribution in [0.3, 0.4) is 0 Å². The van der Waals surface area contributed by atoms with Gasteiger partial charge in [0.15, 0.2) is 35.1 Å². The lowest BCUT2D eigenvalue weighted by Crippen LogP contribution is -2.49. The van der Waals surface area contributed by atoms with E-state index >= 15 is 14.4 Å². The Morgan fingerprint density at radius 1 is 0.510 bits per heavy atom. The fourth-order valence-electron chi connectivity index (χ4n) is 12.6. The number of aromatic nitrogens is 1. The first-order chi connectivity index (χ1) is 47.0. The predicted molar refractivity (Wildman–Crippen MR) is 396 cm³/mol. The van der Waals surface area contributed by atoms with E-state index in [1.165, 1.54) is 69.5 Å². The number of benzene rings is 2. The molecule has 0 aliphatic carbocycles. The number of rotatable bonds is 57.